The maximum atomic E-state index is 11.0. The fraction of sp³-hybridized carbons (Fsp3) is 0.769. The third-order valence-electron chi connectivity index (χ3n) is 4.46. The second kappa shape index (κ2) is 4.59. The second-order valence-corrected chi connectivity index (χ2v) is 5.66. The highest BCUT2D eigenvalue weighted by molar-refractivity contribution is 5.86. The number of hydrogen-bond donors (Lipinski definition) is 1. The summed E-state index contributed by atoms with van der Waals surface area (Å²) in [6, 6.07) is 0.215. The minimum Gasteiger partial charge on any atom is -0.476 e. The summed E-state index contributed by atoms with van der Waals surface area (Å²) >= 11 is 0. The predicted molar refractivity (Wildman–Crippen MR) is 67.1 cm³/mol. The van der Waals surface area contributed by atoms with Gasteiger partial charge in [0.05, 0.1) is 17.3 Å². The maximum absolute atomic E-state index is 11.0. The lowest BCUT2D eigenvalue weighted by Crippen LogP contribution is -2.38. The summed E-state index contributed by atoms with van der Waals surface area (Å²) in [5.74, 6) is -1.01. The van der Waals surface area contributed by atoms with Gasteiger partial charge in [0.15, 0.2) is 5.69 Å². The minimum absolute atomic E-state index is 0.00466. The van der Waals surface area contributed by atoms with E-state index in [2.05, 4.69) is 10.3 Å². The first-order valence-corrected chi connectivity index (χ1v) is 6.90. The maximum Gasteiger partial charge on any atom is 0.358 e. The van der Waals surface area contributed by atoms with Gasteiger partial charge in [-0.2, -0.15) is 0 Å². The third kappa shape index (κ3) is 2.14. The Morgan fingerprint density at radius 1 is 1.47 bits per heavy atom. The van der Waals surface area contributed by atoms with Gasteiger partial charge in [0.2, 0.25) is 0 Å². The van der Waals surface area contributed by atoms with Crippen LogP contribution in [0.5, 0.6) is 0 Å². The molecule has 1 spiro atoms. The third-order valence-corrected chi connectivity index (χ3v) is 4.46. The first-order chi connectivity index (χ1) is 9.11. The van der Waals surface area contributed by atoms with Crippen molar-refractivity contribution >= 4 is 5.97 Å². The SMILES string of the molecule is Cc1c(C(=O)O)nnn1C1CCOC2(CCCC2)C1. The summed E-state index contributed by atoms with van der Waals surface area (Å²) in [7, 11) is 0. The van der Waals surface area contributed by atoms with Crippen LogP contribution >= 0.6 is 0 Å². The molecule has 2 fully saturated rings. The molecule has 0 amide bonds. The predicted octanol–water partition coefficient (Wildman–Crippen LogP) is 1.95. The first-order valence-electron chi connectivity index (χ1n) is 6.90. The van der Waals surface area contributed by atoms with Crippen LogP contribution in [0.25, 0.3) is 0 Å². The zero-order chi connectivity index (χ0) is 13.5. The number of carbonyl (C=O) groups is 1. The average molecular weight is 265 g/mol. The van der Waals surface area contributed by atoms with Crippen molar-refractivity contribution in [3.8, 4) is 0 Å². The molecule has 0 aromatic carbocycles. The van der Waals surface area contributed by atoms with E-state index in [1.807, 2.05) is 0 Å². The van der Waals surface area contributed by atoms with Gasteiger partial charge in [-0.25, -0.2) is 9.48 Å². The second-order valence-electron chi connectivity index (χ2n) is 5.66. The molecular formula is C13H19N3O3. The summed E-state index contributed by atoms with van der Waals surface area (Å²) < 4.78 is 7.78. The number of ether oxygens (including phenoxy) is 1. The number of hydrogen-bond acceptors (Lipinski definition) is 4. The van der Waals surface area contributed by atoms with E-state index >= 15 is 0 Å². The smallest absolute Gasteiger partial charge is 0.358 e. The number of nitrogens with zero attached hydrogens (tertiary/aromatic N) is 3. The van der Waals surface area contributed by atoms with Gasteiger partial charge in [-0.05, 0) is 32.6 Å². The number of rotatable bonds is 2. The van der Waals surface area contributed by atoms with E-state index in [0.717, 1.165) is 32.3 Å². The Kier molecular flexibility index (Phi) is 3.05. The number of aromatic carboxylic acids is 1. The van der Waals surface area contributed by atoms with E-state index in [4.69, 9.17) is 9.84 Å². The van der Waals surface area contributed by atoms with Crippen LogP contribution in [-0.4, -0.2) is 38.3 Å². The van der Waals surface area contributed by atoms with Crippen LogP contribution in [0.1, 0.15) is 60.7 Å². The molecule has 2 heterocycles. The highest BCUT2D eigenvalue weighted by Gasteiger charge is 2.41. The van der Waals surface area contributed by atoms with Gasteiger partial charge >= 0.3 is 5.97 Å². The van der Waals surface area contributed by atoms with Crippen molar-refractivity contribution in [3.63, 3.8) is 0 Å². The van der Waals surface area contributed by atoms with Crippen molar-refractivity contribution in [3.05, 3.63) is 11.4 Å². The summed E-state index contributed by atoms with van der Waals surface area (Å²) in [5.41, 5.74) is 0.713. The monoisotopic (exact) mass is 265 g/mol. The van der Waals surface area contributed by atoms with Gasteiger partial charge < -0.3 is 9.84 Å². The molecule has 6 heteroatoms. The van der Waals surface area contributed by atoms with Gasteiger partial charge in [-0.3, -0.25) is 0 Å². The van der Waals surface area contributed by atoms with Crippen molar-refractivity contribution < 1.29 is 14.6 Å². The number of carboxylic acid groups (broad SMARTS) is 1. The molecule has 1 N–H and O–H groups in total. The van der Waals surface area contributed by atoms with E-state index in [1.165, 1.54) is 12.8 Å². The molecule has 1 saturated carbocycles. The van der Waals surface area contributed by atoms with Gasteiger partial charge in [0.1, 0.15) is 0 Å². The Labute approximate surface area is 111 Å². The Bertz CT molecular complexity index is 491. The van der Waals surface area contributed by atoms with Gasteiger partial charge in [-0.1, -0.05) is 18.1 Å². The van der Waals surface area contributed by atoms with Crippen molar-refractivity contribution in [2.24, 2.45) is 0 Å². The average Bonchev–Trinajstić information content (AvgIpc) is 2.97. The summed E-state index contributed by atoms with van der Waals surface area (Å²) in [6.07, 6.45) is 6.49. The Balaban J connectivity index is 1.84. The van der Waals surface area contributed by atoms with Crippen LogP contribution in [-0.2, 0) is 4.74 Å². The molecule has 1 aliphatic carbocycles. The molecule has 1 aromatic heterocycles. The molecule has 1 saturated heterocycles. The van der Waals surface area contributed by atoms with Crippen molar-refractivity contribution in [1.29, 1.82) is 0 Å². The highest BCUT2D eigenvalue weighted by atomic mass is 16.5. The van der Waals surface area contributed by atoms with E-state index in [0.29, 0.717) is 5.69 Å². The minimum atomic E-state index is -1.01. The van der Waals surface area contributed by atoms with Crippen LogP contribution in [0, 0.1) is 6.92 Å². The lowest BCUT2D eigenvalue weighted by Gasteiger charge is -2.38. The van der Waals surface area contributed by atoms with Crippen LogP contribution < -0.4 is 0 Å². The lowest BCUT2D eigenvalue weighted by atomic mass is 9.89. The molecule has 104 valence electrons. The van der Waals surface area contributed by atoms with E-state index in [1.54, 1.807) is 11.6 Å². The van der Waals surface area contributed by atoms with E-state index in [-0.39, 0.29) is 17.3 Å². The molecular weight excluding hydrogens is 246 g/mol. The van der Waals surface area contributed by atoms with Crippen LogP contribution in [0.15, 0.2) is 0 Å². The van der Waals surface area contributed by atoms with Gasteiger partial charge in [0, 0.05) is 6.61 Å². The molecule has 6 nitrogen and oxygen atoms in total. The molecule has 2 aliphatic rings. The largest absolute Gasteiger partial charge is 0.476 e. The van der Waals surface area contributed by atoms with Gasteiger partial charge in [-0.15, -0.1) is 5.10 Å². The summed E-state index contributed by atoms with van der Waals surface area (Å²) in [5, 5.41) is 16.9. The topological polar surface area (TPSA) is 77.2 Å². The quantitative estimate of drug-likeness (QED) is 0.884. The van der Waals surface area contributed by atoms with Crippen molar-refractivity contribution in [1.82, 2.24) is 15.0 Å². The highest BCUT2D eigenvalue weighted by Crippen LogP contribution is 2.43. The summed E-state index contributed by atoms with van der Waals surface area (Å²) in [6.45, 7) is 2.51. The number of aromatic nitrogens is 3. The van der Waals surface area contributed by atoms with Crippen LogP contribution in [0.3, 0.4) is 0 Å². The number of carboxylic acids is 1. The fourth-order valence-corrected chi connectivity index (χ4v) is 3.46. The summed E-state index contributed by atoms with van der Waals surface area (Å²) in [4.78, 5) is 11.0. The van der Waals surface area contributed by atoms with Crippen LogP contribution in [0.4, 0.5) is 0 Å². The molecule has 19 heavy (non-hydrogen) atoms. The van der Waals surface area contributed by atoms with E-state index in [9.17, 15) is 4.79 Å². The Morgan fingerprint density at radius 2 is 2.21 bits per heavy atom. The Hall–Kier alpha value is -1.43. The van der Waals surface area contributed by atoms with Crippen LogP contribution in [0.2, 0.25) is 0 Å². The van der Waals surface area contributed by atoms with Crippen molar-refractivity contribution in [2.45, 2.75) is 57.1 Å². The molecule has 1 unspecified atom stereocenters. The molecule has 0 radical (unpaired) electrons. The normalized spacial score (nSPS) is 25.8. The molecule has 1 aromatic rings. The molecule has 1 aliphatic heterocycles. The fourth-order valence-electron chi connectivity index (χ4n) is 3.46. The lowest BCUT2D eigenvalue weighted by molar-refractivity contribution is -0.0914. The van der Waals surface area contributed by atoms with Gasteiger partial charge in [0.25, 0.3) is 0 Å². The molecule has 0 bridgehead atoms. The zero-order valence-electron chi connectivity index (χ0n) is 11.1. The standard InChI is InChI=1S/C13H19N3O3/c1-9-11(12(17)18)14-15-16(9)10-4-7-19-13(8-10)5-2-3-6-13/h10H,2-8H2,1H3,(H,17,18). The molecule has 1 atom stereocenters. The Morgan fingerprint density at radius 3 is 2.84 bits per heavy atom. The molecule has 3 rings (SSSR count). The first kappa shape index (κ1) is 12.6. The van der Waals surface area contributed by atoms with E-state index < -0.39 is 5.97 Å². The zero-order valence-corrected chi connectivity index (χ0v) is 11.1. The van der Waals surface area contributed by atoms with Crippen molar-refractivity contribution in [2.75, 3.05) is 6.61 Å².